The van der Waals surface area contributed by atoms with Crippen molar-refractivity contribution in [3.63, 3.8) is 0 Å². The van der Waals surface area contributed by atoms with E-state index in [1.54, 1.807) is 0 Å². The fourth-order valence-corrected chi connectivity index (χ4v) is 1.20. The molecule has 0 amide bonds. The molecule has 7 heteroatoms. The average Bonchev–Trinajstić information content (AvgIpc) is 1.86. The molecule has 0 atom stereocenters. The van der Waals surface area contributed by atoms with Crippen LogP contribution in [0.1, 0.15) is 0 Å². The first-order valence-corrected chi connectivity index (χ1v) is 4.37. The van der Waals surface area contributed by atoms with E-state index in [9.17, 15) is 13.0 Å². The van der Waals surface area contributed by atoms with Gasteiger partial charge in [-0.2, -0.15) is 0 Å². The maximum absolute atomic E-state index is 10.3. The Morgan fingerprint density at radius 3 is 2.33 bits per heavy atom. The van der Waals surface area contributed by atoms with Gasteiger partial charge in [0.15, 0.2) is 0 Å². The average molecular weight is 200 g/mol. The fourth-order valence-electron chi connectivity index (χ4n) is 0.529. The van der Waals surface area contributed by atoms with Crippen LogP contribution in [0.15, 0.2) is 23.2 Å². The van der Waals surface area contributed by atoms with Gasteiger partial charge in [0.25, 0.3) is 0 Å². The molecule has 1 heterocycles. The zero-order valence-corrected chi connectivity index (χ0v) is 7.76. The number of halogens is 1. The van der Waals surface area contributed by atoms with Crippen molar-refractivity contribution in [2.45, 2.75) is 5.03 Å². The minimum Gasteiger partial charge on any atom is -0.743 e. The van der Waals surface area contributed by atoms with Crippen molar-refractivity contribution in [2.24, 2.45) is 0 Å². The SMILES string of the molecule is O=S(=O)([O-])c1cccc(Cl)n1.[Li+]. The second kappa shape index (κ2) is 4.26. The van der Waals surface area contributed by atoms with Crippen molar-refractivity contribution in [3.05, 3.63) is 23.4 Å². The topological polar surface area (TPSA) is 70.1 Å². The van der Waals surface area contributed by atoms with Gasteiger partial charge in [-0.3, -0.25) is 0 Å². The van der Waals surface area contributed by atoms with Gasteiger partial charge in [0.05, 0.1) is 0 Å². The predicted molar refractivity (Wildman–Crippen MR) is 37.2 cm³/mol. The molecule has 0 aliphatic rings. The summed E-state index contributed by atoms with van der Waals surface area (Å²) in [6.45, 7) is 0. The van der Waals surface area contributed by atoms with Gasteiger partial charge in [-0.25, -0.2) is 13.4 Å². The van der Waals surface area contributed by atoms with Crippen LogP contribution in [0.4, 0.5) is 0 Å². The van der Waals surface area contributed by atoms with Gasteiger partial charge >= 0.3 is 18.9 Å². The van der Waals surface area contributed by atoms with Gasteiger partial charge < -0.3 is 4.55 Å². The van der Waals surface area contributed by atoms with Crippen LogP contribution in [0.2, 0.25) is 5.15 Å². The van der Waals surface area contributed by atoms with Crippen molar-refractivity contribution in [1.29, 1.82) is 0 Å². The Morgan fingerprint density at radius 1 is 1.42 bits per heavy atom. The Hall–Kier alpha value is -0.0526. The third-order valence-electron chi connectivity index (χ3n) is 0.946. The van der Waals surface area contributed by atoms with E-state index in [-0.39, 0.29) is 24.0 Å². The van der Waals surface area contributed by atoms with E-state index < -0.39 is 15.1 Å². The monoisotopic (exact) mass is 199 g/mol. The third kappa shape index (κ3) is 3.13. The molecule has 0 unspecified atom stereocenters. The number of nitrogens with zero attached hydrogens (tertiary/aromatic N) is 1. The number of aromatic nitrogens is 1. The predicted octanol–water partition coefficient (Wildman–Crippen LogP) is -2.36. The third-order valence-corrected chi connectivity index (χ3v) is 1.90. The van der Waals surface area contributed by atoms with E-state index in [2.05, 4.69) is 4.98 Å². The Balaban J connectivity index is 0.00000121. The second-order valence-electron chi connectivity index (χ2n) is 1.75. The van der Waals surface area contributed by atoms with Gasteiger partial charge in [0.2, 0.25) is 0 Å². The normalized spacial score (nSPS) is 10.5. The zero-order chi connectivity index (χ0) is 8.48. The molecule has 0 saturated heterocycles. The van der Waals surface area contributed by atoms with E-state index in [1.165, 1.54) is 12.1 Å². The minimum absolute atomic E-state index is 0. The van der Waals surface area contributed by atoms with Gasteiger partial charge in [-0.05, 0) is 12.1 Å². The van der Waals surface area contributed by atoms with E-state index in [0.717, 1.165) is 6.07 Å². The first kappa shape index (κ1) is 11.9. The standard InChI is InChI=1S/C5H4ClNO3S.Li/c6-4-2-1-3-5(7-4)11(8,9)10;/h1-3H,(H,8,9,10);/q;+1/p-1. The summed E-state index contributed by atoms with van der Waals surface area (Å²) in [6, 6.07) is 3.82. The molecule has 0 aliphatic carbocycles. The Kier molecular flexibility index (Phi) is 4.24. The van der Waals surface area contributed by atoms with Crippen LogP contribution in [0.5, 0.6) is 0 Å². The molecule has 1 aromatic rings. The summed E-state index contributed by atoms with van der Waals surface area (Å²) in [6.07, 6.45) is 0. The molecule has 0 aliphatic heterocycles. The molecule has 4 nitrogen and oxygen atoms in total. The van der Waals surface area contributed by atoms with Crippen LogP contribution in [-0.4, -0.2) is 18.0 Å². The summed E-state index contributed by atoms with van der Waals surface area (Å²) >= 11 is 5.34. The molecular formula is C5H3ClLiNO3S. The van der Waals surface area contributed by atoms with E-state index in [4.69, 9.17) is 11.6 Å². The van der Waals surface area contributed by atoms with Crippen LogP contribution < -0.4 is 18.9 Å². The molecule has 0 N–H and O–H groups in total. The molecule has 12 heavy (non-hydrogen) atoms. The van der Waals surface area contributed by atoms with Crippen LogP contribution in [0, 0.1) is 0 Å². The van der Waals surface area contributed by atoms with Crippen molar-refractivity contribution in [3.8, 4) is 0 Å². The summed E-state index contributed by atoms with van der Waals surface area (Å²) in [5.74, 6) is 0. The van der Waals surface area contributed by atoms with Gasteiger partial charge in [0, 0.05) is 0 Å². The first-order chi connectivity index (χ1) is 5.00. The molecule has 1 aromatic heterocycles. The van der Waals surface area contributed by atoms with Gasteiger partial charge in [-0.1, -0.05) is 17.7 Å². The molecule has 0 bridgehead atoms. The van der Waals surface area contributed by atoms with Crippen LogP contribution in [0.3, 0.4) is 0 Å². The van der Waals surface area contributed by atoms with Gasteiger partial charge in [-0.15, -0.1) is 0 Å². The smallest absolute Gasteiger partial charge is 0.743 e. The molecule has 60 valence electrons. The quantitative estimate of drug-likeness (QED) is 0.288. The van der Waals surface area contributed by atoms with Crippen molar-refractivity contribution in [1.82, 2.24) is 4.98 Å². The summed E-state index contributed by atoms with van der Waals surface area (Å²) in [5.41, 5.74) is 0. The van der Waals surface area contributed by atoms with Gasteiger partial charge in [0.1, 0.15) is 20.3 Å². The summed E-state index contributed by atoms with van der Waals surface area (Å²) in [5, 5.41) is -0.563. The van der Waals surface area contributed by atoms with Crippen molar-refractivity contribution < 1.29 is 31.8 Å². The molecule has 0 aromatic carbocycles. The van der Waals surface area contributed by atoms with E-state index >= 15 is 0 Å². The molecule has 0 saturated carbocycles. The molecule has 0 fully saturated rings. The maximum atomic E-state index is 10.3. The van der Waals surface area contributed by atoms with Crippen LogP contribution >= 0.6 is 11.6 Å². The molecule has 0 spiro atoms. The minimum atomic E-state index is -4.47. The maximum Gasteiger partial charge on any atom is 1.00 e. The van der Waals surface area contributed by atoms with E-state index in [1.807, 2.05) is 0 Å². The fraction of sp³-hybridized carbons (Fsp3) is 0. The van der Waals surface area contributed by atoms with Crippen LogP contribution in [0.25, 0.3) is 0 Å². The first-order valence-electron chi connectivity index (χ1n) is 2.58. The number of hydrogen-bond donors (Lipinski definition) is 0. The van der Waals surface area contributed by atoms with Crippen molar-refractivity contribution in [2.75, 3.05) is 0 Å². The Labute approximate surface area is 86.9 Å². The molecule has 0 radical (unpaired) electrons. The largest absolute Gasteiger partial charge is 1.00 e. The summed E-state index contributed by atoms with van der Waals surface area (Å²) in [7, 11) is -4.47. The van der Waals surface area contributed by atoms with E-state index in [0.29, 0.717) is 0 Å². The number of pyridine rings is 1. The molecular weight excluding hydrogens is 197 g/mol. The molecule has 1 rings (SSSR count). The summed E-state index contributed by atoms with van der Waals surface area (Å²) < 4.78 is 30.9. The number of rotatable bonds is 1. The summed E-state index contributed by atoms with van der Waals surface area (Å²) in [4.78, 5) is 3.31. The van der Waals surface area contributed by atoms with Crippen molar-refractivity contribution >= 4 is 21.7 Å². The second-order valence-corrected chi connectivity index (χ2v) is 3.47. The number of hydrogen-bond acceptors (Lipinski definition) is 4. The Morgan fingerprint density at radius 2 is 2.00 bits per heavy atom. The van der Waals surface area contributed by atoms with Crippen LogP contribution in [-0.2, 0) is 10.1 Å². The Bertz CT molecular complexity index is 367. The zero-order valence-electron chi connectivity index (χ0n) is 6.19.